The van der Waals surface area contributed by atoms with Gasteiger partial charge in [-0.1, -0.05) is 91.8 Å². The van der Waals surface area contributed by atoms with Crippen molar-refractivity contribution in [2.75, 3.05) is 0 Å². The fourth-order valence-corrected chi connectivity index (χ4v) is 6.68. The van der Waals surface area contributed by atoms with Crippen molar-refractivity contribution in [2.24, 2.45) is 5.92 Å². The SMILES string of the molecule is C/C=C\C(=C/C(C)C)n1c(-c2ccccc2C(C)CC)nc2cc(C)c3c(c21)C(C)(C)CC3(C)C. The molecule has 2 heteroatoms. The van der Waals surface area contributed by atoms with Gasteiger partial charge in [-0.25, -0.2) is 4.98 Å². The first-order valence-electron chi connectivity index (χ1n) is 13.4. The Morgan fingerprint density at radius 1 is 1.06 bits per heavy atom. The van der Waals surface area contributed by atoms with Crippen molar-refractivity contribution in [3.05, 3.63) is 70.8 Å². The molecule has 2 aromatic carbocycles. The summed E-state index contributed by atoms with van der Waals surface area (Å²) in [4.78, 5) is 5.41. The van der Waals surface area contributed by atoms with E-state index in [1.807, 2.05) is 0 Å². The van der Waals surface area contributed by atoms with Gasteiger partial charge in [0.05, 0.1) is 11.0 Å². The zero-order valence-electron chi connectivity index (χ0n) is 23.6. The van der Waals surface area contributed by atoms with E-state index >= 15 is 0 Å². The predicted molar refractivity (Wildman–Crippen MR) is 153 cm³/mol. The molecule has 0 spiro atoms. The first kappa shape index (κ1) is 25.5. The maximum absolute atomic E-state index is 5.41. The fraction of sp³-hybridized carbons (Fsp3) is 0.485. The summed E-state index contributed by atoms with van der Waals surface area (Å²) >= 11 is 0. The number of allylic oxidation sites excluding steroid dienone is 4. The molecule has 0 saturated carbocycles. The van der Waals surface area contributed by atoms with Crippen molar-refractivity contribution in [1.29, 1.82) is 0 Å². The minimum absolute atomic E-state index is 0.0766. The highest BCUT2D eigenvalue weighted by Gasteiger charge is 2.45. The first-order chi connectivity index (χ1) is 16.4. The molecule has 0 saturated heterocycles. The zero-order valence-corrected chi connectivity index (χ0v) is 23.6. The maximum Gasteiger partial charge on any atom is 0.146 e. The highest BCUT2D eigenvalue weighted by Crippen LogP contribution is 2.54. The van der Waals surface area contributed by atoms with Gasteiger partial charge in [0.25, 0.3) is 0 Å². The standard InChI is InChI=1S/C33H44N2/c1-11-15-24(18-21(3)4)35-30-27(19-23(6)28-29(30)33(9,10)20-32(28,7)8)34-31(35)26-17-14-13-16-25(26)22(5)12-2/h11,13-19,21-22H,12,20H2,1-10H3/b15-11-,24-18+. The number of aromatic nitrogens is 2. The summed E-state index contributed by atoms with van der Waals surface area (Å²) in [5.41, 5.74) is 10.8. The molecule has 0 bridgehead atoms. The lowest BCUT2D eigenvalue weighted by atomic mass is 9.81. The van der Waals surface area contributed by atoms with Crippen molar-refractivity contribution < 1.29 is 0 Å². The minimum Gasteiger partial charge on any atom is -0.292 e. The number of aryl methyl sites for hydroxylation is 1. The Morgan fingerprint density at radius 2 is 1.71 bits per heavy atom. The van der Waals surface area contributed by atoms with Crippen LogP contribution in [0.15, 0.2) is 48.6 Å². The third-order valence-electron chi connectivity index (χ3n) is 7.82. The molecule has 1 heterocycles. The molecule has 2 nitrogen and oxygen atoms in total. The van der Waals surface area contributed by atoms with Crippen molar-refractivity contribution in [2.45, 2.75) is 98.8 Å². The van der Waals surface area contributed by atoms with Gasteiger partial charge in [0, 0.05) is 11.3 Å². The smallest absolute Gasteiger partial charge is 0.146 e. The minimum atomic E-state index is 0.0766. The van der Waals surface area contributed by atoms with Crippen LogP contribution in [0.2, 0.25) is 0 Å². The highest BCUT2D eigenvalue weighted by molar-refractivity contribution is 5.92. The molecule has 1 aliphatic rings. The summed E-state index contributed by atoms with van der Waals surface area (Å²) in [5.74, 6) is 1.97. The molecule has 3 aromatic rings. The number of hydrogen-bond donors (Lipinski definition) is 0. The average Bonchev–Trinajstić information content (AvgIpc) is 3.23. The molecule has 1 atom stereocenters. The van der Waals surface area contributed by atoms with Crippen LogP contribution in [0.25, 0.3) is 28.1 Å². The predicted octanol–water partition coefficient (Wildman–Crippen LogP) is 9.56. The van der Waals surface area contributed by atoms with Gasteiger partial charge in [0.1, 0.15) is 5.82 Å². The lowest BCUT2D eigenvalue weighted by molar-refractivity contribution is 0.403. The van der Waals surface area contributed by atoms with Crippen LogP contribution in [0.3, 0.4) is 0 Å². The molecule has 0 fully saturated rings. The molecule has 0 N–H and O–H groups in total. The normalized spacial score (nSPS) is 18.1. The second kappa shape index (κ2) is 9.12. The second-order valence-electron chi connectivity index (χ2n) is 12.3. The molecule has 1 unspecified atom stereocenters. The van der Waals surface area contributed by atoms with Gasteiger partial charge in [0.2, 0.25) is 0 Å². The van der Waals surface area contributed by atoms with Gasteiger partial charge in [-0.15, -0.1) is 0 Å². The average molecular weight is 469 g/mol. The Hall–Kier alpha value is -2.61. The summed E-state index contributed by atoms with van der Waals surface area (Å²) in [6, 6.07) is 11.2. The molecule has 1 aliphatic carbocycles. The largest absolute Gasteiger partial charge is 0.292 e. The zero-order chi connectivity index (χ0) is 25.7. The number of fused-ring (bicyclic) bond motifs is 3. The van der Waals surface area contributed by atoms with E-state index < -0.39 is 0 Å². The van der Waals surface area contributed by atoms with Gasteiger partial charge >= 0.3 is 0 Å². The maximum atomic E-state index is 5.41. The van der Waals surface area contributed by atoms with Crippen LogP contribution in [0.1, 0.15) is 103 Å². The summed E-state index contributed by atoms with van der Waals surface area (Å²) in [5, 5.41) is 0. The van der Waals surface area contributed by atoms with Crippen molar-refractivity contribution in [3.8, 4) is 11.4 Å². The highest BCUT2D eigenvalue weighted by atomic mass is 15.1. The Balaban J connectivity index is 2.23. The lowest BCUT2D eigenvalue weighted by Gasteiger charge is -2.23. The Labute approximate surface area is 213 Å². The third kappa shape index (κ3) is 4.30. The topological polar surface area (TPSA) is 17.8 Å². The van der Waals surface area contributed by atoms with Gasteiger partial charge in [0.15, 0.2) is 0 Å². The van der Waals surface area contributed by atoms with Crippen molar-refractivity contribution >= 4 is 16.7 Å². The molecular formula is C33H44N2. The van der Waals surface area contributed by atoms with Crippen LogP contribution in [0.5, 0.6) is 0 Å². The van der Waals surface area contributed by atoms with Gasteiger partial charge in [-0.3, -0.25) is 4.57 Å². The fourth-order valence-electron chi connectivity index (χ4n) is 6.68. The summed E-state index contributed by atoms with van der Waals surface area (Å²) in [6.45, 7) is 23.2. The second-order valence-corrected chi connectivity index (χ2v) is 12.3. The van der Waals surface area contributed by atoms with Crippen LogP contribution in [-0.2, 0) is 10.8 Å². The van der Waals surface area contributed by atoms with E-state index in [4.69, 9.17) is 4.98 Å². The van der Waals surface area contributed by atoms with E-state index in [1.165, 1.54) is 39.0 Å². The summed E-state index contributed by atoms with van der Waals surface area (Å²) < 4.78 is 2.48. The number of hydrogen-bond acceptors (Lipinski definition) is 1. The molecular weight excluding hydrogens is 424 g/mol. The summed E-state index contributed by atoms with van der Waals surface area (Å²) in [6.07, 6.45) is 9.06. The molecule has 0 amide bonds. The number of benzene rings is 2. The van der Waals surface area contributed by atoms with Crippen LogP contribution < -0.4 is 0 Å². The number of imidazole rings is 1. The van der Waals surface area contributed by atoms with E-state index in [1.54, 1.807) is 0 Å². The Morgan fingerprint density at radius 3 is 2.34 bits per heavy atom. The van der Waals surface area contributed by atoms with Gasteiger partial charge < -0.3 is 0 Å². The van der Waals surface area contributed by atoms with Crippen LogP contribution >= 0.6 is 0 Å². The van der Waals surface area contributed by atoms with E-state index in [0.29, 0.717) is 11.8 Å². The van der Waals surface area contributed by atoms with E-state index in [2.05, 4.69) is 122 Å². The quantitative estimate of drug-likeness (QED) is 0.329. The number of nitrogens with zero attached hydrogens (tertiary/aromatic N) is 2. The molecule has 1 aromatic heterocycles. The molecule has 0 aliphatic heterocycles. The number of rotatable bonds is 6. The molecule has 186 valence electrons. The van der Waals surface area contributed by atoms with Crippen molar-refractivity contribution in [3.63, 3.8) is 0 Å². The third-order valence-corrected chi connectivity index (χ3v) is 7.82. The van der Waals surface area contributed by atoms with Gasteiger partial charge in [-0.2, -0.15) is 0 Å². The van der Waals surface area contributed by atoms with Crippen LogP contribution in [0, 0.1) is 12.8 Å². The van der Waals surface area contributed by atoms with E-state index in [0.717, 1.165) is 24.2 Å². The molecule has 35 heavy (non-hydrogen) atoms. The molecule has 0 radical (unpaired) electrons. The van der Waals surface area contributed by atoms with Crippen LogP contribution in [-0.4, -0.2) is 9.55 Å². The van der Waals surface area contributed by atoms with Gasteiger partial charge in [-0.05, 0) is 83.8 Å². The summed E-state index contributed by atoms with van der Waals surface area (Å²) in [7, 11) is 0. The van der Waals surface area contributed by atoms with Crippen LogP contribution in [0.4, 0.5) is 0 Å². The molecule has 4 rings (SSSR count). The lowest BCUT2D eigenvalue weighted by Crippen LogP contribution is -2.18. The van der Waals surface area contributed by atoms with E-state index in [9.17, 15) is 0 Å². The van der Waals surface area contributed by atoms with Crippen molar-refractivity contribution in [1.82, 2.24) is 9.55 Å². The van der Waals surface area contributed by atoms with E-state index in [-0.39, 0.29) is 10.8 Å². The first-order valence-corrected chi connectivity index (χ1v) is 13.4. The monoisotopic (exact) mass is 468 g/mol. The Bertz CT molecular complexity index is 1310. The Kier molecular flexibility index (Phi) is 6.64.